The van der Waals surface area contributed by atoms with E-state index in [4.69, 9.17) is 37.0 Å². The lowest BCUT2D eigenvalue weighted by Gasteiger charge is -2.21. The lowest BCUT2D eigenvalue weighted by atomic mass is 10.00. The summed E-state index contributed by atoms with van der Waals surface area (Å²) in [6.45, 7) is 14.1. The summed E-state index contributed by atoms with van der Waals surface area (Å²) in [7, 11) is -9.90. The van der Waals surface area contributed by atoms with E-state index in [1.54, 1.807) is 0 Å². The number of ether oxygens (including phenoxy) is 4. The molecular weight excluding hydrogens is 1200 g/mol. The first-order valence-corrected chi connectivity index (χ1v) is 40.2. The van der Waals surface area contributed by atoms with Gasteiger partial charge in [-0.15, -0.1) is 0 Å². The Hall–Kier alpha value is -1.94. The maximum absolute atomic E-state index is 13.0. The van der Waals surface area contributed by atoms with Gasteiger partial charge in [0.15, 0.2) is 12.2 Å². The van der Waals surface area contributed by atoms with Crippen molar-refractivity contribution in [2.45, 2.75) is 375 Å². The number of phosphoric acid groups is 2. The van der Waals surface area contributed by atoms with Crippen LogP contribution in [-0.4, -0.2) is 96.7 Å². The molecule has 0 heterocycles. The number of rotatable bonds is 69. The van der Waals surface area contributed by atoms with E-state index in [1.807, 2.05) is 0 Å². The molecule has 0 amide bonds. The van der Waals surface area contributed by atoms with Crippen molar-refractivity contribution < 1.29 is 80.2 Å². The Kier molecular flexibility index (Phi) is 60.3. The minimum atomic E-state index is -4.95. The standard InChI is InChI=1S/C72H140O17P2/c1-9-65(8)51-43-35-29-31-39-47-55-72(77)89-68(59-83-70(75)53-45-37-30-28-34-42-50-64(6)7)61-87-91(80,81)85-57-66(73)56-84-90(78,79)86-60-67(58-82-69(74)52-44-36-26-22-19-18-21-25-33-41-49-63(4)5)88-71(76)54-46-38-27-23-17-15-13-11-10-12-14-16-20-24-32-40-48-62(2)3/h62-68,73H,9-61H2,1-8H3,(H,78,79)(H,80,81)/t65?,66-,67-,68-/m1/s1. The Labute approximate surface area is 556 Å². The van der Waals surface area contributed by atoms with Gasteiger partial charge in [-0.05, 0) is 49.4 Å². The van der Waals surface area contributed by atoms with Crippen molar-refractivity contribution in [3.63, 3.8) is 0 Å². The zero-order chi connectivity index (χ0) is 67.5. The van der Waals surface area contributed by atoms with Gasteiger partial charge in [-0.1, -0.05) is 306 Å². The molecule has 0 radical (unpaired) electrons. The second kappa shape index (κ2) is 61.6. The highest BCUT2D eigenvalue weighted by molar-refractivity contribution is 7.47. The molecule has 0 aliphatic rings. The largest absolute Gasteiger partial charge is 0.472 e. The first-order chi connectivity index (χ1) is 43.6. The van der Waals surface area contributed by atoms with Crippen molar-refractivity contribution in [1.29, 1.82) is 0 Å². The number of hydrogen-bond acceptors (Lipinski definition) is 15. The van der Waals surface area contributed by atoms with Crippen LogP contribution in [0.5, 0.6) is 0 Å². The normalized spacial score (nSPS) is 14.5. The number of hydrogen-bond donors (Lipinski definition) is 3. The molecule has 0 bridgehead atoms. The fourth-order valence-electron chi connectivity index (χ4n) is 10.8. The van der Waals surface area contributed by atoms with Crippen LogP contribution >= 0.6 is 15.6 Å². The van der Waals surface area contributed by atoms with E-state index >= 15 is 0 Å². The van der Waals surface area contributed by atoms with Gasteiger partial charge in [-0.2, -0.15) is 0 Å². The number of carbonyl (C=O) groups is 4. The molecule has 0 spiro atoms. The van der Waals surface area contributed by atoms with Crippen molar-refractivity contribution in [1.82, 2.24) is 0 Å². The van der Waals surface area contributed by atoms with Crippen molar-refractivity contribution in [3.05, 3.63) is 0 Å². The van der Waals surface area contributed by atoms with Crippen LogP contribution in [0.2, 0.25) is 0 Å². The molecule has 0 rings (SSSR count). The highest BCUT2D eigenvalue weighted by Crippen LogP contribution is 2.45. The number of aliphatic hydroxyl groups excluding tert-OH is 1. The Balaban J connectivity index is 5.21. The third kappa shape index (κ3) is 65.1. The van der Waals surface area contributed by atoms with Crippen LogP contribution in [0.4, 0.5) is 0 Å². The number of esters is 4. The molecule has 3 unspecified atom stereocenters. The van der Waals surface area contributed by atoms with E-state index in [0.29, 0.717) is 31.6 Å². The number of carbonyl (C=O) groups excluding carboxylic acids is 4. The number of aliphatic hydroxyl groups is 1. The monoisotopic (exact) mass is 1340 g/mol. The highest BCUT2D eigenvalue weighted by Gasteiger charge is 2.30. The molecule has 17 nitrogen and oxygen atoms in total. The molecule has 0 saturated heterocycles. The first-order valence-electron chi connectivity index (χ1n) is 37.2. The summed E-state index contributed by atoms with van der Waals surface area (Å²) >= 11 is 0. The van der Waals surface area contributed by atoms with E-state index in [0.717, 1.165) is 114 Å². The Morgan fingerprint density at radius 1 is 0.308 bits per heavy atom. The number of unbranched alkanes of at least 4 members (excludes halogenated alkanes) is 34. The van der Waals surface area contributed by atoms with Crippen LogP contribution in [0.1, 0.15) is 357 Å². The molecule has 19 heteroatoms. The summed E-state index contributed by atoms with van der Waals surface area (Å²) in [5.41, 5.74) is 0. The van der Waals surface area contributed by atoms with Gasteiger partial charge in [-0.25, -0.2) is 9.13 Å². The van der Waals surface area contributed by atoms with Gasteiger partial charge in [0.25, 0.3) is 0 Å². The molecule has 0 aromatic heterocycles. The van der Waals surface area contributed by atoms with Gasteiger partial charge in [0.05, 0.1) is 26.4 Å². The third-order valence-electron chi connectivity index (χ3n) is 16.9. The van der Waals surface area contributed by atoms with Gasteiger partial charge in [0.2, 0.25) is 0 Å². The summed E-state index contributed by atoms with van der Waals surface area (Å²) in [5, 5.41) is 10.6. The average Bonchev–Trinajstić information content (AvgIpc) is 3.72. The third-order valence-corrected chi connectivity index (χ3v) is 18.8. The molecule has 6 atom stereocenters. The molecule has 0 aliphatic heterocycles. The minimum Gasteiger partial charge on any atom is -0.462 e. The average molecular weight is 1340 g/mol. The molecule has 3 N–H and O–H groups in total. The maximum Gasteiger partial charge on any atom is 0.472 e. The fourth-order valence-corrected chi connectivity index (χ4v) is 12.4. The van der Waals surface area contributed by atoms with Gasteiger partial charge in [-0.3, -0.25) is 37.3 Å². The van der Waals surface area contributed by atoms with Crippen molar-refractivity contribution in [3.8, 4) is 0 Å². The van der Waals surface area contributed by atoms with Crippen LogP contribution in [0.15, 0.2) is 0 Å². The lowest BCUT2D eigenvalue weighted by molar-refractivity contribution is -0.161. The summed E-state index contributed by atoms with van der Waals surface area (Å²) in [5.74, 6) is 0.836. The quantitative estimate of drug-likeness (QED) is 0.0222. The Morgan fingerprint density at radius 3 is 0.780 bits per heavy atom. The van der Waals surface area contributed by atoms with Crippen molar-refractivity contribution in [2.75, 3.05) is 39.6 Å². The van der Waals surface area contributed by atoms with E-state index in [-0.39, 0.29) is 25.7 Å². The van der Waals surface area contributed by atoms with Crippen molar-refractivity contribution >= 4 is 39.5 Å². The second-order valence-electron chi connectivity index (χ2n) is 27.6. The molecule has 0 fully saturated rings. The Morgan fingerprint density at radius 2 is 0.527 bits per heavy atom. The van der Waals surface area contributed by atoms with Crippen LogP contribution in [0.3, 0.4) is 0 Å². The molecule has 0 aliphatic carbocycles. The predicted octanol–water partition coefficient (Wildman–Crippen LogP) is 20.5. The summed E-state index contributed by atoms with van der Waals surface area (Å²) < 4.78 is 68.3. The smallest absolute Gasteiger partial charge is 0.462 e. The first kappa shape index (κ1) is 89.1. The molecular formula is C72H140O17P2. The minimum absolute atomic E-state index is 0.101. The molecule has 91 heavy (non-hydrogen) atoms. The van der Waals surface area contributed by atoms with Crippen LogP contribution in [0.25, 0.3) is 0 Å². The van der Waals surface area contributed by atoms with Crippen LogP contribution < -0.4 is 0 Å². The highest BCUT2D eigenvalue weighted by atomic mass is 31.2. The molecule has 540 valence electrons. The van der Waals surface area contributed by atoms with E-state index in [9.17, 15) is 43.2 Å². The predicted molar refractivity (Wildman–Crippen MR) is 367 cm³/mol. The molecule has 0 saturated carbocycles. The van der Waals surface area contributed by atoms with Gasteiger partial charge < -0.3 is 33.8 Å². The van der Waals surface area contributed by atoms with E-state index in [2.05, 4.69) is 55.4 Å². The van der Waals surface area contributed by atoms with E-state index in [1.165, 1.54) is 154 Å². The zero-order valence-corrected chi connectivity index (χ0v) is 61.3. The summed E-state index contributed by atoms with van der Waals surface area (Å²) in [6.07, 6.45) is 44.7. The van der Waals surface area contributed by atoms with Gasteiger partial charge >= 0.3 is 39.5 Å². The van der Waals surface area contributed by atoms with Gasteiger partial charge in [0, 0.05) is 25.7 Å². The SMILES string of the molecule is CCC(C)CCCCCCCCC(=O)O[C@H](COC(=O)CCCCCCCCC(C)C)COP(=O)(O)OC[C@H](O)COP(=O)(O)OC[C@@H](COC(=O)CCCCCCCCCCCCC(C)C)OC(=O)CCCCCCCCCCCCCCCCCCC(C)C. The Bertz CT molecular complexity index is 1800. The van der Waals surface area contributed by atoms with Crippen molar-refractivity contribution in [2.24, 2.45) is 23.7 Å². The number of phosphoric ester groups is 2. The lowest BCUT2D eigenvalue weighted by Crippen LogP contribution is -2.30. The molecule has 0 aromatic carbocycles. The van der Waals surface area contributed by atoms with E-state index < -0.39 is 97.5 Å². The van der Waals surface area contributed by atoms with Crippen LogP contribution in [0, 0.1) is 23.7 Å². The summed E-state index contributed by atoms with van der Waals surface area (Å²) in [6, 6.07) is 0. The van der Waals surface area contributed by atoms with Gasteiger partial charge in [0.1, 0.15) is 19.3 Å². The zero-order valence-electron chi connectivity index (χ0n) is 59.5. The maximum atomic E-state index is 13.0. The summed E-state index contributed by atoms with van der Waals surface area (Å²) in [4.78, 5) is 72.5. The topological polar surface area (TPSA) is 237 Å². The fraction of sp³-hybridized carbons (Fsp3) is 0.944. The molecule has 0 aromatic rings. The van der Waals surface area contributed by atoms with Crippen LogP contribution in [-0.2, 0) is 65.4 Å². The second-order valence-corrected chi connectivity index (χ2v) is 30.6.